The van der Waals surface area contributed by atoms with Gasteiger partial charge in [-0.05, 0) is 25.7 Å². The third-order valence-corrected chi connectivity index (χ3v) is 5.02. The summed E-state index contributed by atoms with van der Waals surface area (Å²) in [5.74, 6) is 0.772. The van der Waals surface area contributed by atoms with Crippen molar-refractivity contribution in [2.45, 2.75) is 49.9 Å². The molecule has 86 valence electrons. The van der Waals surface area contributed by atoms with E-state index >= 15 is 0 Å². The minimum Gasteiger partial charge on any atom is -0.377 e. The van der Waals surface area contributed by atoms with E-state index in [1.807, 2.05) is 0 Å². The first kappa shape index (κ1) is 11.3. The van der Waals surface area contributed by atoms with Crippen LogP contribution in [0.2, 0.25) is 0 Å². The lowest BCUT2D eigenvalue weighted by Crippen LogP contribution is -2.33. The van der Waals surface area contributed by atoms with Crippen LogP contribution in [-0.4, -0.2) is 33.7 Å². The maximum absolute atomic E-state index is 12.0. The summed E-state index contributed by atoms with van der Waals surface area (Å²) in [4.78, 5) is 11.6. The zero-order chi connectivity index (χ0) is 10.7. The second-order valence-corrected chi connectivity index (χ2v) is 6.05. The average Bonchev–Trinajstić information content (AvgIpc) is 2.71. The molecule has 1 aliphatic heterocycles. The van der Waals surface area contributed by atoms with E-state index in [-0.39, 0.29) is 17.1 Å². The van der Waals surface area contributed by atoms with Gasteiger partial charge in [0, 0.05) is 23.8 Å². The Balaban J connectivity index is 1.85. The van der Waals surface area contributed by atoms with Gasteiger partial charge in [0.05, 0.1) is 17.1 Å². The molecule has 1 saturated heterocycles. The molecule has 1 heterocycles. The Kier molecular flexibility index (Phi) is 3.92. The molecule has 0 N–H and O–H groups in total. The number of Topliss-reactive ketones (excluding diaryl/α,β-unsaturated/α-hetero) is 1. The number of hydrogen-bond donors (Lipinski definition) is 0. The van der Waals surface area contributed by atoms with Gasteiger partial charge in [0.25, 0.3) is 0 Å². The maximum atomic E-state index is 12.0. The van der Waals surface area contributed by atoms with Crippen molar-refractivity contribution in [3.63, 3.8) is 0 Å². The van der Waals surface area contributed by atoms with Crippen molar-refractivity contribution in [3.05, 3.63) is 0 Å². The molecule has 0 aromatic carbocycles. The lowest BCUT2D eigenvalue weighted by atomic mass is 9.99. The summed E-state index contributed by atoms with van der Waals surface area (Å²) in [5.41, 5.74) is 0. The monoisotopic (exact) mass is 230 g/mol. The summed E-state index contributed by atoms with van der Waals surface area (Å²) >= 11 is 0. The zero-order valence-electron chi connectivity index (χ0n) is 8.94. The molecule has 4 heteroatoms. The predicted molar refractivity (Wildman–Crippen MR) is 59.2 cm³/mol. The highest BCUT2D eigenvalue weighted by Gasteiger charge is 2.30. The normalized spacial score (nSPS) is 34.3. The van der Waals surface area contributed by atoms with Crippen molar-refractivity contribution < 1.29 is 13.7 Å². The van der Waals surface area contributed by atoms with Gasteiger partial charge in [0.1, 0.15) is 5.78 Å². The number of carbonyl (C=O) groups is 1. The Morgan fingerprint density at radius 3 is 2.80 bits per heavy atom. The van der Waals surface area contributed by atoms with Crippen molar-refractivity contribution in [2.75, 3.05) is 12.4 Å². The van der Waals surface area contributed by atoms with Gasteiger partial charge in [-0.3, -0.25) is 9.00 Å². The fourth-order valence-electron chi connectivity index (χ4n) is 2.30. The van der Waals surface area contributed by atoms with Gasteiger partial charge in [0.2, 0.25) is 0 Å². The van der Waals surface area contributed by atoms with Crippen LogP contribution in [0, 0.1) is 0 Å². The molecule has 3 nitrogen and oxygen atoms in total. The van der Waals surface area contributed by atoms with Crippen molar-refractivity contribution in [1.29, 1.82) is 0 Å². The van der Waals surface area contributed by atoms with Crippen LogP contribution in [0.1, 0.15) is 38.5 Å². The Morgan fingerprint density at radius 1 is 1.27 bits per heavy atom. The predicted octanol–water partition coefficient (Wildman–Crippen LogP) is 1.43. The highest BCUT2D eigenvalue weighted by atomic mass is 32.2. The van der Waals surface area contributed by atoms with E-state index in [1.54, 1.807) is 0 Å². The van der Waals surface area contributed by atoms with Crippen LogP contribution in [0.3, 0.4) is 0 Å². The van der Waals surface area contributed by atoms with E-state index in [4.69, 9.17) is 4.74 Å². The molecule has 3 atom stereocenters. The van der Waals surface area contributed by atoms with Crippen LogP contribution in [0.25, 0.3) is 0 Å². The summed E-state index contributed by atoms with van der Waals surface area (Å²) in [6.07, 6.45) is 5.69. The zero-order valence-corrected chi connectivity index (χ0v) is 9.76. The largest absolute Gasteiger partial charge is 0.377 e. The SMILES string of the molecule is O=C1CCCCC1S(=O)CC1CCCO1. The minimum atomic E-state index is -1.00. The van der Waals surface area contributed by atoms with E-state index in [9.17, 15) is 9.00 Å². The molecule has 2 aliphatic rings. The Morgan fingerprint density at radius 2 is 2.13 bits per heavy atom. The average molecular weight is 230 g/mol. The summed E-state index contributed by atoms with van der Waals surface area (Å²) < 4.78 is 17.4. The van der Waals surface area contributed by atoms with Gasteiger partial charge >= 0.3 is 0 Å². The molecule has 0 spiro atoms. The van der Waals surface area contributed by atoms with Crippen LogP contribution >= 0.6 is 0 Å². The molecular weight excluding hydrogens is 212 g/mol. The molecule has 3 unspecified atom stereocenters. The van der Waals surface area contributed by atoms with Crippen LogP contribution < -0.4 is 0 Å². The highest BCUT2D eigenvalue weighted by molar-refractivity contribution is 7.86. The lowest BCUT2D eigenvalue weighted by Gasteiger charge is -2.21. The van der Waals surface area contributed by atoms with Gasteiger partial charge in [-0.2, -0.15) is 0 Å². The summed E-state index contributed by atoms with van der Waals surface area (Å²) in [6.45, 7) is 0.792. The number of hydrogen-bond acceptors (Lipinski definition) is 3. The first-order valence-electron chi connectivity index (χ1n) is 5.79. The molecule has 0 bridgehead atoms. The van der Waals surface area contributed by atoms with Crippen LogP contribution in [0.5, 0.6) is 0 Å². The van der Waals surface area contributed by atoms with Crippen molar-refractivity contribution in [2.24, 2.45) is 0 Å². The molecule has 0 amide bonds. The first-order chi connectivity index (χ1) is 7.27. The number of carbonyl (C=O) groups excluding carboxylic acids is 1. The third-order valence-electron chi connectivity index (χ3n) is 3.19. The second-order valence-electron chi connectivity index (χ2n) is 4.38. The highest BCUT2D eigenvalue weighted by Crippen LogP contribution is 2.21. The minimum absolute atomic E-state index is 0.139. The Bertz CT molecular complexity index is 259. The molecule has 0 radical (unpaired) electrons. The Hall–Kier alpha value is -0.220. The molecule has 2 rings (SSSR count). The van der Waals surface area contributed by atoms with E-state index in [0.717, 1.165) is 38.7 Å². The van der Waals surface area contributed by atoms with E-state index < -0.39 is 10.8 Å². The van der Waals surface area contributed by atoms with Crippen molar-refractivity contribution in [3.8, 4) is 0 Å². The molecule has 0 aromatic rings. The van der Waals surface area contributed by atoms with Crippen molar-refractivity contribution in [1.82, 2.24) is 0 Å². The topological polar surface area (TPSA) is 43.4 Å². The summed E-state index contributed by atoms with van der Waals surface area (Å²) in [7, 11) is -1.00. The van der Waals surface area contributed by atoms with E-state index in [1.165, 1.54) is 0 Å². The quantitative estimate of drug-likeness (QED) is 0.736. The summed E-state index contributed by atoms with van der Waals surface area (Å²) in [5, 5.41) is -0.192. The summed E-state index contributed by atoms with van der Waals surface area (Å²) in [6, 6.07) is 0. The molecule has 2 fully saturated rings. The van der Waals surface area contributed by atoms with Crippen molar-refractivity contribution >= 4 is 16.6 Å². The molecule has 1 aliphatic carbocycles. The van der Waals surface area contributed by atoms with Gasteiger partial charge in [-0.25, -0.2) is 0 Å². The van der Waals surface area contributed by atoms with Crippen LogP contribution in [-0.2, 0) is 20.3 Å². The fourth-order valence-corrected chi connectivity index (χ4v) is 4.01. The molecule has 1 saturated carbocycles. The molecular formula is C11H18O3S. The van der Waals surface area contributed by atoms with Gasteiger partial charge in [0.15, 0.2) is 0 Å². The fraction of sp³-hybridized carbons (Fsp3) is 0.909. The third kappa shape index (κ3) is 2.88. The maximum Gasteiger partial charge on any atom is 0.148 e. The molecule has 15 heavy (non-hydrogen) atoms. The van der Waals surface area contributed by atoms with E-state index in [2.05, 4.69) is 0 Å². The second kappa shape index (κ2) is 5.21. The first-order valence-corrected chi connectivity index (χ1v) is 7.17. The smallest absolute Gasteiger partial charge is 0.148 e. The standard InChI is InChI=1S/C11H18O3S/c12-10-5-1-2-6-11(10)15(13)8-9-4-3-7-14-9/h9,11H,1-8H2. The van der Waals surface area contributed by atoms with E-state index in [0.29, 0.717) is 12.2 Å². The van der Waals surface area contributed by atoms with Gasteiger partial charge in [-0.15, -0.1) is 0 Å². The van der Waals surface area contributed by atoms with Gasteiger partial charge < -0.3 is 4.74 Å². The lowest BCUT2D eigenvalue weighted by molar-refractivity contribution is -0.119. The van der Waals surface area contributed by atoms with Crippen LogP contribution in [0.4, 0.5) is 0 Å². The van der Waals surface area contributed by atoms with Crippen LogP contribution in [0.15, 0.2) is 0 Å². The number of ketones is 1. The number of ether oxygens (including phenoxy) is 1. The molecule has 0 aromatic heterocycles. The number of rotatable bonds is 3. The van der Waals surface area contributed by atoms with Gasteiger partial charge in [-0.1, -0.05) is 6.42 Å². The Labute approximate surface area is 93.0 Å².